The van der Waals surface area contributed by atoms with Crippen LogP contribution in [0.25, 0.3) is 22.6 Å². The lowest BCUT2D eigenvalue weighted by Gasteiger charge is -2.22. The Kier molecular flexibility index (Phi) is 5.43. The Morgan fingerprint density at radius 2 is 1.94 bits per heavy atom. The molecule has 0 fully saturated rings. The van der Waals surface area contributed by atoms with Crippen LogP contribution < -0.4 is 11.2 Å². The van der Waals surface area contributed by atoms with E-state index in [0.29, 0.717) is 16.1 Å². The highest BCUT2D eigenvalue weighted by Crippen LogP contribution is 2.26. The van der Waals surface area contributed by atoms with E-state index < -0.39 is 17.3 Å². The van der Waals surface area contributed by atoms with Gasteiger partial charge >= 0.3 is 11.8 Å². The van der Waals surface area contributed by atoms with Gasteiger partial charge in [0, 0.05) is 24.7 Å². The lowest BCUT2D eigenvalue weighted by molar-refractivity contribution is 0.140. The fourth-order valence-corrected chi connectivity index (χ4v) is 3.57. The number of hydrogen-bond donors (Lipinski definition) is 2. The number of rotatable bonds is 5. The number of nitrogens with one attached hydrogen (secondary N) is 1. The molecule has 0 radical (unpaired) electrons. The number of carboxylic acid groups (broad SMARTS) is 1. The number of fused-ring (bicyclic) bond motifs is 2. The summed E-state index contributed by atoms with van der Waals surface area (Å²) < 4.78 is 1.61. The molecule has 0 bridgehead atoms. The SMILES string of the molecule is Cc1cc2nc3c(=O)[nH]c(=O)nc-3n(CCN(Cc3ccccc3)C(=O)O)c2cc1Cl. The van der Waals surface area contributed by atoms with Gasteiger partial charge in [0.2, 0.25) is 0 Å². The molecule has 0 aromatic heterocycles. The molecular formula is C21H18ClN5O4. The summed E-state index contributed by atoms with van der Waals surface area (Å²) in [4.78, 5) is 47.7. The fraction of sp³-hybridized carbons (Fsp3) is 0.190. The van der Waals surface area contributed by atoms with Gasteiger partial charge in [-0.3, -0.25) is 9.78 Å². The molecule has 2 heterocycles. The zero-order valence-corrected chi connectivity index (χ0v) is 17.3. The summed E-state index contributed by atoms with van der Waals surface area (Å²) in [6, 6.07) is 12.6. The second kappa shape index (κ2) is 8.19. The minimum Gasteiger partial charge on any atom is -0.465 e. The van der Waals surface area contributed by atoms with Crippen LogP contribution in [-0.4, -0.2) is 42.2 Å². The molecule has 0 atom stereocenters. The van der Waals surface area contributed by atoms with Crippen molar-refractivity contribution in [2.45, 2.75) is 20.0 Å². The van der Waals surface area contributed by atoms with Crippen LogP contribution in [-0.2, 0) is 13.1 Å². The topological polar surface area (TPSA) is 121 Å². The van der Waals surface area contributed by atoms with Gasteiger partial charge in [-0.25, -0.2) is 14.6 Å². The van der Waals surface area contributed by atoms with E-state index in [4.69, 9.17) is 11.6 Å². The first-order valence-electron chi connectivity index (χ1n) is 9.46. The molecule has 0 unspecified atom stereocenters. The molecule has 0 aliphatic carbocycles. The summed E-state index contributed by atoms with van der Waals surface area (Å²) in [5.41, 5.74) is 1.19. The molecule has 158 valence electrons. The summed E-state index contributed by atoms with van der Waals surface area (Å²) in [6.45, 7) is 2.24. The van der Waals surface area contributed by atoms with Gasteiger partial charge in [0.15, 0.2) is 11.5 Å². The van der Waals surface area contributed by atoms with Crippen molar-refractivity contribution < 1.29 is 9.90 Å². The number of H-pyrrole nitrogens is 1. The molecule has 4 rings (SSSR count). The number of aromatic amines is 1. The van der Waals surface area contributed by atoms with E-state index in [1.807, 2.05) is 37.3 Å². The molecule has 0 saturated carbocycles. The molecule has 10 heteroatoms. The molecule has 2 aliphatic rings. The summed E-state index contributed by atoms with van der Waals surface area (Å²) in [5.74, 6) is 0.0752. The van der Waals surface area contributed by atoms with E-state index in [-0.39, 0.29) is 31.2 Å². The number of hydrogen-bond acceptors (Lipinski definition) is 5. The molecule has 2 N–H and O–H groups in total. The van der Waals surface area contributed by atoms with Crippen molar-refractivity contribution in [3.8, 4) is 11.5 Å². The van der Waals surface area contributed by atoms with Crippen molar-refractivity contribution in [1.29, 1.82) is 0 Å². The highest BCUT2D eigenvalue weighted by Gasteiger charge is 2.21. The Morgan fingerprint density at radius 3 is 2.65 bits per heavy atom. The monoisotopic (exact) mass is 439 g/mol. The second-order valence-corrected chi connectivity index (χ2v) is 7.49. The molecule has 9 nitrogen and oxygen atoms in total. The van der Waals surface area contributed by atoms with Crippen LogP contribution in [0, 0.1) is 6.92 Å². The summed E-state index contributed by atoms with van der Waals surface area (Å²) in [5, 5.41) is 10.2. The standard InChI is InChI=1S/C21H18ClN5O4/c1-12-9-15-16(10-14(12)22)27(18-17(23-15)19(28)25-20(29)24-18)8-7-26(21(30)31)11-13-5-3-2-4-6-13/h2-6,9-10H,7-8,11H2,1H3,(H,30,31)(H,25,28,29). The van der Waals surface area contributed by atoms with Crippen molar-refractivity contribution in [2.24, 2.45) is 0 Å². The normalized spacial score (nSPS) is 11.2. The van der Waals surface area contributed by atoms with E-state index in [1.54, 1.807) is 16.7 Å². The molecule has 0 saturated heterocycles. The third kappa shape index (κ3) is 4.13. The zero-order chi connectivity index (χ0) is 22.1. The first-order valence-corrected chi connectivity index (χ1v) is 9.84. The maximum absolute atomic E-state index is 12.3. The Hall–Kier alpha value is -3.72. The zero-order valence-electron chi connectivity index (χ0n) is 16.5. The molecular weight excluding hydrogens is 422 g/mol. The Morgan fingerprint density at radius 1 is 1.19 bits per heavy atom. The predicted octanol–water partition coefficient (Wildman–Crippen LogP) is 2.73. The minimum atomic E-state index is -1.09. The van der Waals surface area contributed by atoms with Crippen molar-refractivity contribution in [3.63, 3.8) is 0 Å². The summed E-state index contributed by atoms with van der Waals surface area (Å²) in [7, 11) is 0. The van der Waals surface area contributed by atoms with Gasteiger partial charge in [-0.15, -0.1) is 0 Å². The number of amides is 1. The summed E-state index contributed by atoms with van der Waals surface area (Å²) in [6.07, 6.45) is -1.09. The molecule has 1 amide bonds. The van der Waals surface area contributed by atoms with Gasteiger partial charge in [-0.2, -0.15) is 4.98 Å². The lowest BCUT2D eigenvalue weighted by atomic mass is 10.2. The molecule has 31 heavy (non-hydrogen) atoms. The first kappa shape index (κ1) is 20.5. The van der Waals surface area contributed by atoms with Crippen LogP contribution in [0.4, 0.5) is 4.79 Å². The van der Waals surface area contributed by atoms with Crippen LogP contribution >= 0.6 is 11.6 Å². The lowest BCUT2D eigenvalue weighted by Crippen LogP contribution is -2.34. The van der Waals surface area contributed by atoms with Crippen LogP contribution in [0.3, 0.4) is 0 Å². The number of aryl methyl sites for hydroxylation is 1. The second-order valence-electron chi connectivity index (χ2n) is 7.09. The van der Waals surface area contributed by atoms with Crippen LogP contribution in [0.2, 0.25) is 5.02 Å². The highest BCUT2D eigenvalue weighted by molar-refractivity contribution is 6.32. The van der Waals surface area contributed by atoms with Crippen LogP contribution in [0.15, 0.2) is 52.1 Å². The minimum absolute atomic E-state index is 0.00115. The smallest absolute Gasteiger partial charge is 0.407 e. The number of carbonyl (C=O) groups is 1. The predicted molar refractivity (Wildman–Crippen MR) is 116 cm³/mol. The number of nitrogens with zero attached hydrogens (tertiary/aromatic N) is 4. The number of halogens is 1. The van der Waals surface area contributed by atoms with Gasteiger partial charge in [0.25, 0.3) is 5.56 Å². The van der Waals surface area contributed by atoms with Crippen LogP contribution in [0.1, 0.15) is 11.1 Å². The molecule has 2 aromatic carbocycles. The van der Waals surface area contributed by atoms with E-state index in [2.05, 4.69) is 15.0 Å². The maximum Gasteiger partial charge on any atom is 0.407 e. The van der Waals surface area contributed by atoms with Gasteiger partial charge in [-0.1, -0.05) is 41.9 Å². The van der Waals surface area contributed by atoms with E-state index >= 15 is 0 Å². The van der Waals surface area contributed by atoms with Crippen molar-refractivity contribution in [1.82, 2.24) is 24.4 Å². The summed E-state index contributed by atoms with van der Waals surface area (Å²) >= 11 is 6.30. The number of benzene rings is 2. The molecule has 0 spiro atoms. The highest BCUT2D eigenvalue weighted by atomic mass is 35.5. The van der Waals surface area contributed by atoms with Gasteiger partial charge in [-0.05, 0) is 30.2 Å². The Bertz CT molecular complexity index is 1370. The van der Waals surface area contributed by atoms with Gasteiger partial charge in [0.1, 0.15) is 0 Å². The van der Waals surface area contributed by atoms with Gasteiger partial charge < -0.3 is 14.6 Å². The fourth-order valence-electron chi connectivity index (χ4n) is 3.41. The Balaban J connectivity index is 1.80. The molecule has 2 aliphatic heterocycles. The van der Waals surface area contributed by atoms with E-state index in [0.717, 1.165) is 11.1 Å². The first-order chi connectivity index (χ1) is 14.8. The van der Waals surface area contributed by atoms with Crippen LogP contribution in [0.5, 0.6) is 0 Å². The van der Waals surface area contributed by atoms with E-state index in [1.165, 1.54) is 4.90 Å². The quantitative estimate of drug-likeness (QED) is 0.461. The van der Waals surface area contributed by atoms with Crippen molar-refractivity contribution in [3.05, 3.63) is 79.5 Å². The average molecular weight is 440 g/mol. The number of aromatic nitrogens is 4. The average Bonchev–Trinajstić information content (AvgIpc) is 2.72. The largest absolute Gasteiger partial charge is 0.465 e. The van der Waals surface area contributed by atoms with Crippen molar-refractivity contribution in [2.75, 3.05) is 6.54 Å². The van der Waals surface area contributed by atoms with Crippen molar-refractivity contribution >= 4 is 28.7 Å². The third-order valence-electron chi connectivity index (χ3n) is 4.97. The third-order valence-corrected chi connectivity index (χ3v) is 5.38. The van der Waals surface area contributed by atoms with E-state index in [9.17, 15) is 19.5 Å². The maximum atomic E-state index is 12.3. The van der Waals surface area contributed by atoms with Gasteiger partial charge in [0.05, 0.1) is 11.0 Å². The Labute approximate surface area is 180 Å². The molecule has 2 aromatic rings.